The fraction of sp³-hybridized carbons (Fsp3) is 0.452. The van der Waals surface area contributed by atoms with E-state index < -0.39 is 34.4 Å². The number of nitrogens with zero attached hydrogens (tertiary/aromatic N) is 7. The average molecular weight is 680 g/mol. The molecule has 2 aliphatic heterocycles. The highest BCUT2D eigenvalue weighted by Crippen LogP contribution is 2.36. The van der Waals surface area contributed by atoms with Gasteiger partial charge in [-0.25, -0.2) is 14.6 Å². The molecule has 48 heavy (non-hydrogen) atoms. The van der Waals surface area contributed by atoms with Crippen LogP contribution in [0, 0.1) is 0 Å². The molecule has 0 spiro atoms. The molecule has 4 aromatic rings. The van der Waals surface area contributed by atoms with Gasteiger partial charge in [-0.15, -0.1) is 0 Å². The highest BCUT2D eigenvalue weighted by Gasteiger charge is 2.45. The third-order valence-electron chi connectivity index (χ3n) is 8.74. The van der Waals surface area contributed by atoms with Crippen LogP contribution in [-0.4, -0.2) is 80.6 Å². The van der Waals surface area contributed by atoms with Crippen molar-refractivity contribution in [3.63, 3.8) is 0 Å². The van der Waals surface area contributed by atoms with E-state index in [0.29, 0.717) is 37.2 Å². The Bertz CT molecular complexity index is 1820. The van der Waals surface area contributed by atoms with Gasteiger partial charge in [-0.2, -0.15) is 31.4 Å². The maximum atomic E-state index is 14.0. The molecule has 1 aromatic carbocycles. The van der Waals surface area contributed by atoms with Crippen LogP contribution in [0.4, 0.5) is 32.3 Å². The summed E-state index contributed by atoms with van der Waals surface area (Å²) < 4.78 is 93.6. The van der Waals surface area contributed by atoms with Gasteiger partial charge in [-0.1, -0.05) is 12.1 Å². The second-order valence-electron chi connectivity index (χ2n) is 11.6. The van der Waals surface area contributed by atoms with Gasteiger partial charge in [-0.05, 0) is 30.5 Å². The van der Waals surface area contributed by atoms with Gasteiger partial charge in [0.25, 0.3) is 5.56 Å². The lowest BCUT2D eigenvalue weighted by Gasteiger charge is -2.25. The van der Waals surface area contributed by atoms with Crippen LogP contribution in [0.3, 0.4) is 0 Å². The van der Waals surface area contributed by atoms with E-state index in [1.807, 2.05) is 4.90 Å². The molecule has 5 heterocycles. The summed E-state index contributed by atoms with van der Waals surface area (Å²) in [6, 6.07) is 6.48. The van der Waals surface area contributed by atoms with Crippen molar-refractivity contribution < 1.29 is 40.6 Å². The molecule has 256 valence electrons. The number of benzene rings is 1. The number of anilines is 1. The molecule has 0 aliphatic carbocycles. The number of methoxy groups -OCH3 is 1. The van der Waals surface area contributed by atoms with Crippen LogP contribution in [0.15, 0.2) is 53.8 Å². The quantitative estimate of drug-likeness (QED) is 0.180. The van der Waals surface area contributed by atoms with Gasteiger partial charge in [-0.3, -0.25) is 9.59 Å². The number of alkyl halides is 6. The minimum Gasteiger partial charge on any atom is -0.497 e. The van der Waals surface area contributed by atoms with Gasteiger partial charge < -0.3 is 23.8 Å². The molecule has 17 heteroatoms. The second kappa shape index (κ2) is 13.1. The molecule has 0 N–H and O–H groups in total. The lowest BCUT2D eigenvalue weighted by Crippen LogP contribution is -2.40. The van der Waals surface area contributed by atoms with Gasteiger partial charge in [0.05, 0.1) is 73.6 Å². The largest absolute Gasteiger partial charge is 0.497 e. The number of rotatable bonds is 10. The third-order valence-corrected chi connectivity index (χ3v) is 8.74. The van der Waals surface area contributed by atoms with Crippen molar-refractivity contribution in [1.82, 2.24) is 29.2 Å². The number of ether oxygens (including phenoxy) is 2. The second-order valence-corrected chi connectivity index (χ2v) is 11.6. The Labute approximate surface area is 269 Å². The maximum absolute atomic E-state index is 14.0. The van der Waals surface area contributed by atoms with Crippen LogP contribution < -0.4 is 15.2 Å². The fourth-order valence-corrected chi connectivity index (χ4v) is 6.39. The minimum absolute atomic E-state index is 0.0130. The first-order valence-corrected chi connectivity index (χ1v) is 15.2. The van der Waals surface area contributed by atoms with E-state index in [-0.39, 0.29) is 62.2 Å². The average Bonchev–Trinajstić information content (AvgIpc) is 3.76. The predicted molar refractivity (Wildman–Crippen MR) is 159 cm³/mol. The lowest BCUT2D eigenvalue weighted by molar-refractivity contribution is -0.138. The molecule has 0 saturated carbocycles. The van der Waals surface area contributed by atoms with Crippen molar-refractivity contribution in [2.24, 2.45) is 0 Å². The van der Waals surface area contributed by atoms with Gasteiger partial charge >= 0.3 is 12.4 Å². The lowest BCUT2D eigenvalue weighted by atomic mass is 10.1. The first-order chi connectivity index (χ1) is 22.8. The number of carbonyl (C=O) groups excluding carboxylic acids is 1. The third kappa shape index (κ3) is 6.68. The number of halogens is 6. The summed E-state index contributed by atoms with van der Waals surface area (Å²) in [5.74, 6) is 0.619. The molecule has 2 saturated heterocycles. The number of hydrogen-bond donors (Lipinski definition) is 0. The number of amides is 1. The standard InChI is InChI=1S/C31H31F6N7O4/c1-47-21-4-2-19(3-5-21)17-44-28(46)27-22(31(35,36)37)18-41(25(27)16-40-44)11-13-48-12-8-26(45)42-9-6-24-23(42)7-10-43(24)29-38-14-20(15-39-29)30(32,33)34/h2-5,14-16,18,23-24H,6-13,17H2,1H3/t23-,24-/m0/s1. The first-order valence-electron chi connectivity index (χ1n) is 15.2. The van der Waals surface area contributed by atoms with Gasteiger partial charge in [0.2, 0.25) is 11.9 Å². The highest BCUT2D eigenvalue weighted by molar-refractivity contribution is 5.83. The van der Waals surface area contributed by atoms with Crippen molar-refractivity contribution in [1.29, 1.82) is 0 Å². The summed E-state index contributed by atoms with van der Waals surface area (Å²) in [6.07, 6.45) is -4.45. The monoisotopic (exact) mass is 679 g/mol. The molecule has 2 aliphatic rings. The molecule has 11 nitrogen and oxygen atoms in total. The molecule has 3 aromatic heterocycles. The number of likely N-dealkylation sites (tertiary alicyclic amines) is 1. The predicted octanol–water partition coefficient (Wildman–Crippen LogP) is 4.37. The van der Waals surface area contributed by atoms with Crippen LogP contribution in [0.2, 0.25) is 0 Å². The molecule has 0 bridgehead atoms. The normalized spacial score (nSPS) is 18.1. The smallest absolute Gasteiger partial charge is 0.419 e. The Balaban J connectivity index is 1.04. The van der Waals surface area contributed by atoms with Crippen LogP contribution >= 0.6 is 0 Å². The topological polar surface area (TPSA) is 108 Å². The van der Waals surface area contributed by atoms with E-state index in [2.05, 4.69) is 15.1 Å². The van der Waals surface area contributed by atoms with Crippen LogP contribution in [0.1, 0.15) is 36.0 Å². The van der Waals surface area contributed by atoms with E-state index in [9.17, 15) is 35.9 Å². The number of fused-ring (bicyclic) bond motifs is 2. The van der Waals surface area contributed by atoms with Gasteiger partial charge in [0.1, 0.15) is 5.75 Å². The molecule has 0 unspecified atom stereocenters. The van der Waals surface area contributed by atoms with E-state index in [0.717, 1.165) is 23.3 Å². The summed E-state index contributed by atoms with van der Waals surface area (Å²) in [6.45, 7) is 0.917. The summed E-state index contributed by atoms with van der Waals surface area (Å²) >= 11 is 0. The number of aromatic nitrogens is 5. The SMILES string of the molecule is COc1ccc(Cn2ncc3c(c(C(F)(F)F)cn3CCOCCC(=O)N3CC[C@H]4[C@@H]3CCN4c3ncc(C(F)(F)F)cn3)c2=O)cc1. The fourth-order valence-electron chi connectivity index (χ4n) is 6.39. The Morgan fingerprint density at radius 3 is 2.31 bits per heavy atom. The molecule has 1 amide bonds. The Morgan fingerprint density at radius 1 is 0.938 bits per heavy atom. The number of hydrogen-bond acceptors (Lipinski definition) is 8. The van der Waals surface area contributed by atoms with Gasteiger partial charge in [0.15, 0.2) is 0 Å². The Hall–Kier alpha value is -4.67. The summed E-state index contributed by atoms with van der Waals surface area (Å²) in [7, 11) is 1.50. The van der Waals surface area contributed by atoms with E-state index >= 15 is 0 Å². The van der Waals surface area contributed by atoms with Crippen molar-refractivity contribution in [2.45, 2.75) is 56.8 Å². The van der Waals surface area contributed by atoms with Crippen LogP contribution in [-0.2, 0) is 35.0 Å². The zero-order valence-corrected chi connectivity index (χ0v) is 25.7. The van der Waals surface area contributed by atoms with E-state index in [1.165, 1.54) is 17.9 Å². The van der Waals surface area contributed by atoms with Crippen LogP contribution in [0.5, 0.6) is 5.75 Å². The summed E-state index contributed by atoms with van der Waals surface area (Å²) in [4.78, 5) is 37.6. The first kappa shape index (κ1) is 33.2. The highest BCUT2D eigenvalue weighted by atomic mass is 19.4. The Morgan fingerprint density at radius 2 is 1.65 bits per heavy atom. The van der Waals surface area contributed by atoms with Crippen molar-refractivity contribution in [3.05, 3.63) is 76.1 Å². The molecular formula is C31H31F6N7O4. The van der Waals surface area contributed by atoms with Crippen molar-refractivity contribution >= 4 is 22.8 Å². The molecule has 0 radical (unpaired) electrons. The molecule has 2 atom stereocenters. The Kier molecular flexibility index (Phi) is 9.06. The van der Waals surface area contributed by atoms with E-state index in [1.54, 1.807) is 29.2 Å². The minimum atomic E-state index is -4.78. The van der Waals surface area contributed by atoms with Crippen molar-refractivity contribution in [2.75, 3.05) is 38.3 Å². The van der Waals surface area contributed by atoms with Crippen LogP contribution in [0.25, 0.3) is 10.9 Å². The zero-order valence-electron chi connectivity index (χ0n) is 25.7. The molecular weight excluding hydrogens is 648 g/mol. The van der Waals surface area contributed by atoms with E-state index in [4.69, 9.17) is 9.47 Å². The zero-order chi connectivity index (χ0) is 34.2. The molecule has 2 fully saturated rings. The summed E-state index contributed by atoms with van der Waals surface area (Å²) in [5, 5.41) is 3.63. The molecule has 6 rings (SSSR count). The van der Waals surface area contributed by atoms with Gasteiger partial charge in [0, 0.05) is 38.2 Å². The number of carbonyl (C=O) groups is 1. The van der Waals surface area contributed by atoms with Crippen molar-refractivity contribution in [3.8, 4) is 5.75 Å². The maximum Gasteiger partial charge on any atom is 0.419 e. The summed E-state index contributed by atoms with van der Waals surface area (Å²) in [5.41, 5.74) is -2.20.